The van der Waals surface area contributed by atoms with Crippen LogP contribution in [0.2, 0.25) is 0 Å². The van der Waals surface area contributed by atoms with Crippen molar-refractivity contribution in [1.29, 1.82) is 0 Å². The fraction of sp³-hybridized carbons (Fsp3) is 0.208. The first-order chi connectivity index (χ1) is 14.3. The number of nitrogens with two attached hydrogens (primary N) is 1. The van der Waals surface area contributed by atoms with Crippen molar-refractivity contribution in [1.82, 2.24) is 14.6 Å². The summed E-state index contributed by atoms with van der Waals surface area (Å²) in [5, 5.41) is 7.05. The molecule has 1 amide bonds. The molecule has 0 aliphatic heterocycles. The van der Waals surface area contributed by atoms with E-state index in [0.717, 1.165) is 22.4 Å². The van der Waals surface area contributed by atoms with Gasteiger partial charge < -0.3 is 11.1 Å². The molecule has 0 saturated heterocycles. The number of carbonyl (C=O) groups excluding carboxylic acids is 1. The number of hydrogen-bond acceptors (Lipinski definition) is 4. The van der Waals surface area contributed by atoms with Crippen molar-refractivity contribution >= 4 is 23.2 Å². The van der Waals surface area contributed by atoms with Gasteiger partial charge in [0.15, 0.2) is 5.65 Å². The summed E-state index contributed by atoms with van der Waals surface area (Å²) in [4.78, 5) is 16.6. The van der Waals surface area contributed by atoms with Gasteiger partial charge in [0.2, 0.25) is 11.9 Å². The highest BCUT2D eigenvalue weighted by Crippen LogP contribution is 2.24. The highest BCUT2D eigenvalue weighted by molar-refractivity contribution is 5.92. The zero-order chi connectivity index (χ0) is 21.3. The lowest BCUT2D eigenvalue weighted by Crippen LogP contribution is -2.15. The Hall–Kier alpha value is -3.67. The van der Waals surface area contributed by atoms with Gasteiger partial charge in [-0.05, 0) is 51.9 Å². The van der Waals surface area contributed by atoms with Crippen LogP contribution in [0.1, 0.15) is 31.9 Å². The molecule has 0 saturated carbocycles. The smallest absolute Gasteiger partial charge is 0.240 e. The van der Waals surface area contributed by atoms with Gasteiger partial charge in [-0.15, -0.1) is 5.10 Å². The fourth-order valence-corrected chi connectivity index (χ4v) is 3.34. The van der Waals surface area contributed by atoms with E-state index in [1.54, 1.807) is 4.52 Å². The quantitative estimate of drug-likeness (QED) is 0.531. The standard InChI is InChI=1S/C24H25N5O/c1-24(2,3)19-8-10-20(11-9-19)26-22(30)14-16-4-6-17(7-5-16)18-12-13-29-21(15-18)27-23(25)28-29/h4-13,15H,14H2,1-3H3,(H2,25,28)(H,26,30). The van der Waals surface area contributed by atoms with E-state index in [0.29, 0.717) is 12.1 Å². The molecule has 4 rings (SSSR count). The minimum absolute atomic E-state index is 0.0355. The summed E-state index contributed by atoms with van der Waals surface area (Å²) >= 11 is 0. The molecule has 2 aromatic heterocycles. The third-order valence-electron chi connectivity index (χ3n) is 5.04. The summed E-state index contributed by atoms with van der Waals surface area (Å²) in [7, 11) is 0. The van der Waals surface area contributed by atoms with Gasteiger partial charge in [-0.2, -0.15) is 4.98 Å². The number of carbonyl (C=O) groups is 1. The van der Waals surface area contributed by atoms with Crippen LogP contribution in [0.4, 0.5) is 11.6 Å². The first-order valence-electron chi connectivity index (χ1n) is 9.89. The lowest BCUT2D eigenvalue weighted by atomic mass is 9.87. The second-order valence-corrected chi connectivity index (χ2v) is 8.44. The Bertz CT molecular complexity index is 1190. The number of nitrogen functional groups attached to an aromatic ring is 1. The molecule has 0 bridgehead atoms. The van der Waals surface area contributed by atoms with E-state index in [-0.39, 0.29) is 17.3 Å². The van der Waals surface area contributed by atoms with Gasteiger partial charge in [-0.25, -0.2) is 4.52 Å². The molecule has 0 aliphatic rings. The van der Waals surface area contributed by atoms with Gasteiger partial charge in [0, 0.05) is 11.9 Å². The third kappa shape index (κ3) is 4.33. The van der Waals surface area contributed by atoms with Gasteiger partial charge in [0.25, 0.3) is 0 Å². The molecule has 0 fully saturated rings. The van der Waals surface area contributed by atoms with E-state index < -0.39 is 0 Å². The molecule has 4 aromatic rings. The van der Waals surface area contributed by atoms with Gasteiger partial charge >= 0.3 is 0 Å². The van der Waals surface area contributed by atoms with Crippen LogP contribution in [0, 0.1) is 0 Å². The SMILES string of the molecule is CC(C)(C)c1ccc(NC(=O)Cc2ccc(-c3ccn4nc(N)nc4c3)cc2)cc1. The van der Waals surface area contributed by atoms with Crippen LogP contribution < -0.4 is 11.1 Å². The summed E-state index contributed by atoms with van der Waals surface area (Å²) in [5.41, 5.74) is 11.5. The lowest BCUT2D eigenvalue weighted by molar-refractivity contribution is -0.115. The maximum atomic E-state index is 12.4. The molecule has 0 unspecified atom stereocenters. The van der Waals surface area contributed by atoms with E-state index in [9.17, 15) is 4.79 Å². The highest BCUT2D eigenvalue weighted by atomic mass is 16.1. The van der Waals surface area contributed by atoms with Crippen LogP contribution in [0.15, 0.2) is 66.9 Å². The minimum Gasteiger partial charge on any atom is -0.366 e. The number of fused-ring (bicyclic) bond motifs is 1. The highest BCUT2D eigenvalue weighted by Gasteiger charge is 2.13. The number of benzene rings is 2. The third-order valence-corrected chi connectivity index (χ3v) is 5.04. The molecule has 30 heavy (non-hydrogen) atoms. The Morgan fingerprint density at radius 3 is 2.37 bits per heavy atom. The van der Waals surface area contributed by atoms with Crippen molar-refractivity contribution in [2.45, 2.75) is 32.6 Å². The van der Waals surface area contributed by atoms with Crippen LogP contribution in [0.3, 0.4) is 0 Å². The first-order valence-corrected chi connectivity index (χ1v) is 9.89. The Labute approximate surface area is 175 Å². The van der Waals surface area contributed by atoms with E-state index in [1.165, 1.54) is 5.56 Å². The Morgan fingerprint density at radius 1 is 1.00 bits per heavy atom. The van der Waals surface area contributed by atoms with Gasteiger partial charge in [-0.1, -0.05) is 57.2 Å². The molecule has 2 aromatic carbocycles. The van der Waals surface area contributed by atoms with Crippen molar-refractivity contribution < 1.29 is 4.79 Å². The maximum Gasteiger partial charge on any atom is 0.240 e. The summed E-state index contributed by atoms with van der Waals surface area (Å²) in [6.45, 7) is 6.51. The number of hydrogen-bond donors (Lipinski definition) is 2. The van der Waals surface area contributed by atoms with E-state index in [2.05, 4.69) is 48.3 Å². The molecule has 0 spiro atoms. The number of aromatic nitrogens is 3. The van der Waals surface area contributed by atoms with E-state index in [4.69, 9.17) is 5.73 Å². The maximum absolute atomic E-state index is 12.4. The van der Waals surface area contributed by atoms with Crippen molar-refractivity contribution in [3.05, 3.63) is 78.0 Å². The molecule has 152 valence electrons. The lowest BCUT2D eigenvalue weighted by Gasteiger charge is -2.19. The number of rotatable bonds is 4. The zero-order valence-electron chi connectivity index (χ0n) is 17.4. The normalized spacial score (nSPS) is 11.6. The van der Waals surface area contributed by atoms with Crippen LogP contribution in [0.25, 0.3) is 16.8 Å². The largest absolute Gasteiger partial charge is 0.366 e. The van der Waals surface area contributed by atoms with Crippen molar-refractivity contribution in [2.24, 2.45) is 0 Å². The number of anilines is 2. The predicted octanol–water partition coefficient (Wildman–Crippen LogP) is 4.46. The van der Waals surface area contributed by atoms with Crippen molar-refractivity contribution in [3.63, 3.8) is 0 Å². The summed E-state index contributed by atoms with van der Waals surface area (Å²) in [6.07, 6.45) is 2.15. The average molecular weight is 399 g/mol. The van der Waals surface area contributed by atoms with Crippen LogP contribution in [0.5, 0.6) is 0 Å². The van der Waals surface area contributed by atoms with Gasteiger partial charge in [0.1, 0.15) is 0 Å². The fourth-order valence-electron chi connectivity index (χ4n) is 3.34. The second-order valence-electron chi connectivity index (χ2n) is 8.44. The number of amides is 1. The summed E-state index contributed by atoms with van der Waals surface area (Å²) in [5.74, 6) is 0.216. The Balaban J connectivity index is 1.41. The van der Waals surface area contributed by atoms with E-state index >= 15 is 0 Å². The number of nitrogens with zero attached hydrogens (tertiary/aromatic N) is 3. The summed E-state index contributed by atoms with van der Waals surface area (Å²) in [6, 6.07) is 19.9. The second kappa shape index (κ2) is 7.63. The van der Waals surface area contributed by atoms with Crippen LogP contribution in [-0.2, 0) is 16.6 Å². The topological polar surface area (TPSA) is 85.3 Å². The van der Waals surface area contributed by atoms with E-state index in [1.807, 2.05) is 54.7 Å². The molecular weight excluding hydrogens is 374 g/mol. The molecule has 6 heteroatoms. The van der Waals surface area contributed by atoms with Gasteiger partial charge in [-0.3, -0.25) is 4.79 Å². The number of nitrogens with one attached hydrogen (secondary N) is 1. The molecule has 0 aliphatic carbocycles. The minimum atomic E-state index is -0.0355. The molecule has 3 N–H and O–H groups in total. The molecule has 0 radical (unpaired) electrons. The molecule has 6 nitrogen and oxygen atoms in total. The monoisotopic (exact) mass is 399 g/mol. The number of pyridine rings is 1. The predicted molar refractivity (Wildman–Crippen MR) is 120 cm³/mol. The first kappa shape index (κ1) is 19.6. The molecular formula is C24H25N5O. The van der Waals surface area contributed by atoms with Gasteiger partial charge in [0.05, 0.1) is 6.42 Å². The average Bonchev–Trinajstić information content (AvgIpc) is 3.07. The molecule has 0 atom stereocenters. The van der Waals surface area contributed by atoms with Crippen molar-refractivity contribution in [2.75, 3.05) is 11.1 Å². The van der Waals surface area contributed by atoms with Crippen LogP contribution >= 0.6 is 0 Å². The Morgan fingerprint density at radius 2 is 1.70 bits per heavy atom. The van der Waals surface area contributed by atoms with Crippen molar-refractivity contribution in [3.8, 4) is 11.1 Å². The molecule has 2 heterocycles. The Kier molecular flexibility index (Phi) is 4.99. The summed E-state index contributed by atoms with van der Waals surface area (Å²) < 4.78 is 1.64. The van der Waals surface area contributed by atoms with Crippen LogP contribution in [-0.4, -0.2) is 20.5 Å². The zero-order valence-corrected chi connectivity index (χ0v) is 17.4.